The second-order valence-electron chi connectivity index (χ2n) is 3.98. The molecule has 2 N–H and O–H groups in total. The highest BCUT2D eigenvalue weighted by molar-refractivity contribution is 8.13. The molecular formula is C11H14ClNO4S. The van der Waals surface area contributed by atoms with Gasteiger partial charge in [0.15, 0.2) is 6.10 Å². The Morgan fingerprint density at radius 1 is 1.33 bits per heavy atom. The van der Waals surface area contributed by atoms with Crippen LogP contribution < -0.4 is 10.5 Å². The molecule has 0 saturated heterocycles. The van der Waals surface area contributed by atoms with Crippen LogP contribution >= 0.6 is 10.7 Å². The number of amides is 1. The van der Waals surface area contributed by atoms with Crippen LogP contribution in [0.25, 0.3) is 0 Å². The molecule has 1 rings (SSSR count). The third kappa shape index (κ3) is 3.36. The molecule has 0 heterocycles. The molecule has 0 aliphatic carbocycles. The van der Waals surface area contributed by atoms with Crippen molar-refractivity contribution in [1.82, 2.24) is 0 Å². The largest absolute Gasteiger partial charge is 0.481 e. The fraction of sp³-hybridized carbons (Fsp3) is 0.364. The number of primary amides is 1. The van der Waals surface area contributed by atoms with Gasteiger partial charge in [0, 0.05) is 10.7 Å². The maximum Gasteiger partial charge on any atom is 0.261 e. The molecule has 0 radical (unpaired) electrons. The summed E-state index contributed by atoms with van der Waals surface area (Å²) < 4.78 is 27.9. The van der Waals surface area contributed by atoms with Gasteiger partial charge in [0.05, 0.1) is 4.90 Å². The second kappa shape index (κ2) is 5.16. The number of rotatable bonds is 4. The molecule has 0 bridgehead atoms. The quantitative estimate of drug-likeness (QED) is 0.851. The molecular weight excluding hydrogens is 278 g/mol. The van der Waals surface area contributed by atoms with Crippen LogP contribution in [-0.4, -0.2) is 20.4 Å². The van der Waals surface area contributed by atoms with Gasteiger partial charge in [-0.2, -0.15) is 0 Å². The van der Waals surface area contributed by atoms with Gasteiger partial charge in [0.2, 0.25) is 0 Å². The molecule has 0 fully saturated rings. The second-order valence-corrected chi connectivity index (χ2v) is 6.52. The number of nitrogens with two attached hydrogens (primary N) is 1. The lowest BCUT2D eigenvalue weighted by Crippen LogP contribution is -2.30. The van der Waals surface area contributed by atoms with Gasteiger partial charge in [0.25, 0.3) is 15.0 Å². The number of carbonyl (C=O) groups excluding carboxylic acids is 1. The van der Waals surface area contributed by atoms with Crippen molar-refractivity contribution in [3.8, 4) is 5.75 Å². The zero-order valence-electron chi connectivity index (χ0n) is 10.2. The predicted octanol–water partition coefficient (Wildman–Crippen LogP) is 1.48. The Morgan fingerprint density at radius 2 is 1.89 bits per heavy atom. The first kappa shape index (κ1) is 14.8. The summed E-state index contributed by atoms with van der Waals surface area (Å²) in [4.78, 5) is 10.9. The van der Waals surface area contributed by atoms with E-state index >= 15 is 0 Å². The summed E-state index contributed by atoms with van der Waals surface area (Å²) in [7, 11) is 1.51. The van der Waals surface area contributed by atoms with Crippen LogP contribution in [0.1, 0.15) is 18.1 Å². The highest BCUT2D eigenvalue weighted by Crippen LogP contribution is 2.28. The Labute approximate surface area is 110 Å². The molecule has 7 heteroatoms. The zero-order valence-corrected chi connectivity index (χ0v) is 11.8. The number of ether oxygens (including phenoxy) is 1. The lowest BCUT2D eigenvalue weighted by atomic mass is 10.1. The highest BCUT2D eigenvalue weighted by atomic mass is 35.7. The molecule has 1 atom stereocenters. The van der Waals surface area contributed by atoms with E-state index in [4.69, 9.17) is 21.2 Å². The monoisotopic (exact) mass is 291 g/mol. The van der Waals surface area contributed by atoms with Crippen LogP contribution in [0.4, 0.5) is 0 Å². The van der Waals surface area contributed by atoms with E-state index in [-0.39, 0.29) is 4.90 Å². The van der Waals surface area contributed by atoms with E-state index in [2.05, 4.69) is 0 Å². The van der Waals surface area contributed by atoms with E-state index in [1.165, 1.54) is 19.1 Å². The standard InChI is InChI=1S/C11H14ClNO4S/c1-6-5-10(18(12,15)16)7(2)4-9(6)17-8(3)11(13)14/h4-5,8H,1-3H3,(H2,13,14). The average molecular weight is 292 g/mol. The molecule has 1 unspecified atom stereocenters. The zero-order chi connectivity index (χ0) is 14.1. The summed E-state index contributed by atoms with van der Waals surface area (Å²) in [6, 6.07) is 2.92. The van der Waals surface area contributed by atoms with Gasteiger partial charge in [0.1, 0.15) is 5.75 Å². The smallest absolute Gasteiger partial charge is 0.261 e. The van der Waals surface area contributed by atoms with Crippen molar-refractivity contribution in [3.63, 3.8) is 0 Å². The van der Waals surface area contributed by atoms with Crippen molar-refractivity contribution in [2.75, 3.05) is 0 Å². The van der Waals surface area contributed by atoms with Crippen LogP contribution in [0.3, 0.4) is 0 Å². The summed E-state index contributed by atoms with van der Waals surface area (Å²) >= 11 is 0. The Morgan fingerprint density at radius 3 is 2.33 bits per heavy atom. The first-order valence-corrected chi connectivity index (χ1v) is 7.45. The van der Waals surface area contributed by atoms with Crippen LogP contribution in [-0.2, 0) is 13.8 Å². The van der Waals surface area contributed by atoms with Gasteiger partial charge in [-0.3, -0.25) is 4.79 Å². The van der Waals surface area contributed by atoms with E-state index in [0.29, 0.717) is 16.9 Å². The predicted molar refractivity (Wildman–Crippen MR) is 68.2 cm³/mol. The molecule has 1 amide bonds. The van der Waals surface area contributed by atoms with Crippen LogP contribution in [0.15, 0.2) is 17.0 Å². The molecule has 0 aliphatic heterocycles. The molecule has 100 valence electrons. The summed E-state index contributed by atoms with van der Waals surface area (Å²) in [6.07, 6.45) is -0.790. The van der Waals surface area contributed by atoms with E-state index < -0.39 is 21.1 Å². The number of benzene rings is 1. The van der Waals surface area contributed by atoms with Crippen molar-refractivity contribution >= 4 is 25.6 Å². The summed E-state index contributed by atoms with van der Waals surface area (Å²) in [5, 5.41) is 0. The average Bonchev–Trinajstić information content (AvgIpc) is 2.20. The van der Waals surface area contributed by atoms with Gasteiger partial charge in [-0.15, -0.1) is 0 Å². The minimum Gasteiger partial charge on any atom is -0.481 e. The molecule has 5 nitrogen and oxygen atoms in total. The molecule has 0 saturated carbocycles. The third-order valence-corrected chi connectivity index (χ3v) is 3.90. The van der Waals surface area contributed by atoms with Crippen LogP contribution in [0, 0.1) is 13.8 Å². The molecule has 0 spiro atoms. The van der Waals surface area contributed by atoms with Crippen molar-refractivity contribution in [2.45, 2.75) is 31.8 Å². The normalized spacial score (nSPS) is 13.1. The van der Waals surface area contributed by atoms with Gasteiger partial charge in [-0.1, -0.05) is 0 Å². The van der Waals surface area contributed by atoms with Gasteiger partial charge >= 0.3 is 0 Å². The van der Waals surface area contributed by atoms with Gasteiger partial charge in [-0.05, 0) is 44.0 Å². The van der Waals surface area contributed by atoms with Crippen molar-refractivity contribution in [3.05, 3.63) is 23.3 Å². The van der Waals surface area contributed by atoms with Gasteiger partial charge in [-0.25, -0.2) is 8.42 Å². The Kier molecular flexibility index (Phi) is 4.24. The van der Waals surface area contributed by atoms with E-state index in [1.807, 2.05) is 0 Å². The number of halogens is 1. The van der Waals surface area contributed by atoms with Crippen molar-refractivity contribution < 1.29 is 17.9 Å². The number of hydrogen-bond donors (Lipinski definition) is 1. The number of carbonyl (C=O) groups is 1. The molecule has 1 aromatic rings. The summed E-state index contributed by atoms with van der Waals surface area (Å²) in [6.45, 7) is 4.77. The fourth-order valence-electron chi connectivity index (χ4n) is 1.40. The van der Waals surface area contributed by atoms with Crippen molar-refractivity contribution in [1.29, 1.82) is 0 Å². The van der Waals surface area contributed by atoms with E-state index in [9.17, 15) is 13.2 Å². The van der Waals surface area contributed by atoms with E-state index in [0.717, 1.165) is 0 Å². The maximum atomic E-state index is 11.3. The molecule has 18 heavy (non-hydrogen) atoms. The Hall–Kier alpha value is -1.27. The maximum absolute atomic E-state index is 11.3. The topological polar surface area (TPSA) is 86.5 Å². The van der Waals surface area contributed by atoms with Crippen LogP contribution in [0.5, 0.6) is 5.75 Å². The lowest BCUT2D eigenvalue weighted by molar-refractivity contribution is -0.123. The van der Waals surface area contributed by atoms with E-state index in [1.54, 1.807) is 13.8 Å². The first-order chi connectivity index (χ1) is 8.12. The molecule has 0 aromatic heterocycles. The number of aryl methyl sites for hydroxylation is 2. The minimum absolute atomic E-state index is 0.0285. The SMILES string of the molecule is Cc1cc(S(=O)(=O)Cl)c(C)cc1OC(C)C(N)=O. The summed E-state index contributed by atoms with van der Waals surface area (Å²) in [5.74, 6) is -0.191. The molecule has 0 aliphatic rings. The van der Waals surface area contributed by atoms with Crippen LogP contribution in [0.2, 0.25) is 0 Å². The Balaban J connectivity index is 3.20. The molecule has 1 aromatic carbocycles. The number of hydrogen-bond acceptors (Lipinski definition) is 4. The van der Waals surface area contributed by atoms with Gasteiger partial charge < -0.3 is 10.5 Å². The third-order valence-electron chi connectivity index (χ3n) is 2.44. The first-order valence-electron chi connectivity index (χ1n) is 5.15. The summed E-state index contributed by atoms with van der Waals surface area (Å²) in [5.41, 5.74) is 6.10. The lowest BCUT2D eigenvalue weighted by Gasteiger charge is -2.15. The highest BCUT2D eigenvalue weighted by Gasteiger charge is 2.18. The van der Waals surface area contributed by atoms with Crippen molar-refractivity contribution in [2.24, 2.45) is 5.73 Å². The Bertz CT molecular complexity index is 583. The fourth-order valence-corrected chi connectivity index (χ4v) is 2.66. The minimum atomic E-state index is -3.79.